The highest BCUT2D eigenvalue weighted by Crippen LogP contribution is 2.25. The van der Waals surface area contributed by atoms with E-state index in [0.717, 1.165) is 23.7 Å². The Morgan fingerprint density at radius 1 is 1.00 bits per heavy atom. The number of hydrogen-bond acceptors (Lipinski definition) is 6. The summed E-state index contributed by atoms with van der Waals surface area (Å²) in [5, 5.41) is 10.4. The van der Waals surface area contributed by atoms with E-state index in [1.807, 2.05) is 19.1 Å². The van der Waals surface area contributed by atoms with E-state index in [1.165, 1.54) is 17.5 Å². The molecule has 2 N–H and O–H groups in total. The van der Waals surface area contributed by atoms with Gasteiger partial charge in [0.05, 0.1) is 0 Å². The standard InChI is InChI=1S/C17H19N5O/c1-4-13-7-5-6-11(2)17(13)21-15-9-14(18-10-19-15)20-16-8-12(3)23-22-16/h5-10H,4H2,1-3H3,(H2,18,19,20,21,22). The minimum absolute atomic E-state index is 0.622. The van der Waals surface area contributed by atoms with Crippen molar-refractivity contribution < 1.29 is 4.52 Å². The van der Waals surface area contributed by atoms with Crippen LogP contribution in [0.15, 0.2) is 41.2 Å². The molecule has 2 aromatic heterocycles. The summed E-state index contributed by atoms with van der Waals surface area (Å²) in [7, 11) is 0. The van der Waals surface area contributed by atoms with Crippen LogP contribution in [0.3, 0.4) is 0 Å². The van der Waals surface area contributed by atoms with Gasteiger partial charge in [0, 0.05) is 17.8 Å². The van der Waals surface area contributed by atoms with Crippen molar-refractivity contribution >= 4 is 23.1 Å². The molecule has 0 aliphatic carbocycles. The summed E-state index contributed by atoms with van der Waals surface area (Å²) in [4.78, 5) is 8.50. The summed E-state index contributed by atoms with van der Waals surface area (Å²) in [6, 6.07) is 9.93. The molecule has 0 saturated carbocycles. The summed E-state index contributed by atoms with van der Waals surface area (Å²) in [5.74, 6) is 2.75. The summed E-state index contributed by atoms with van der Waals surface area (Å²) in [5.41, 5.74) is 3.53. The lowest BCUT2D eigenvalue weighted by Gasteiger charge is -2.13. The second-order valence-corrected chi connectivity index (χ2v) is 5.32. The van der Waals surface area contributed by atoms with Crippen molar-refractivity contribution in [3.8, 4) is 0 Å². The summed E-state index contributed by atoms with van der Waals surface area (Å²) < 4.78 is 5.04. The lowest BCUT2D eigenvalue weighted by atomic mass is 10.1. The molecule has 0 atom stereocenters. The topological polar surface area (TPSA) is 75.9 Å². The van der Waals surface area contributed by atoms with Gasteiger partial charge in [-0.3, -0.25) is 0 Å². The first-order valence-electron chi connectivity index (χ1n) is 7.53. The maximum Gasteiger partial charge on any atom is 0.175 e. The smallest absolute Gasteiger partial charge is 0.175 e. The number of nitrogens with zero attached hydrogens (tertiary/aromatic N) is 3. The molecule has 2 heterocycles. The van der Waals surface area contributed by atoms with E-state index < -0.39 is 0 Å². The Labute approximate surface area is 135 Å². The lowest BCUT2D eigenvalue weighted by molar-refractivity contribution is 0.400. The van der Waals surface area contributed by atoms with Gasteiger partial charge in [-0.25, -0.2) is 9.97 Å². The number of aromatic nitrogens is 3. The average molecular weight is 309 g/mol. The van der Waals surface area contributed by atoms with Gasteiger partial charge in [0.15, 0.2) is 5.82 Å². The van der Waals surface area contributed by atoms with Gasteiger partial charge >= 0.3 is 0 Å². The fourth-order valence-corrected chi connectivity index (χ4v) is 2.38. The largest absolute Gasteiger partial charge is 0.360 e. The monoisotopic (exact) mass is 309 g/mol. The molecule has 0 saturated heterocycles. The van der Waals surface area contributed by atoms with Gasteiger partial charge in [0.25, 0.3) is 0 Å². The molecular weight excluding hydrogens is 290 g/mol. The molecule has 6 nitrogen and oxygen atoms in total. The van der Waals surface area contributed by atoms with Crippen LogP contribution in [0.4, 0.5) is 23.1 Å². The maximum atomic E-state index is 5.04. The molecule has 118 valence electrons. The highest BCUT2D eigenvalue weighted by molar-refractivity contribution is 5.66. The van der Waals surface area contributed by atoms with Crippen molar-refractivity contribution in [3.63, 3.8) is 0 Å². The number of hydrogen-bond donors (Lipinski definition) is 2. The van der Waals surface area contributed by atoms with Gasteiger partial charge in [-0.1, -0.05) is 30.3 Å². The zero-order valence-corrected chi connectivity index (χ0v) is 13.4. The number of anilines is 4. The zero-order chi connectivity index (χ0) is 16.2. The average Bonchev–Trinajstić information content (AvgIpc) is 2.95. The Morgan fingerprint density at radius 3 is 2.48 bits per heavy atom. The van der Waals surface area contributed by atoms with Crippen molar-refractivity contribution in [2.45, 2.75) is 27.2 Å². The normalized spacial score (nSPS) is 10.6. The van der Waals surface area contributed by atoms with Crippen LogP contribution >= 0.6 is 0 Å². The molecule has 0 radical (unpaired) electrons. The van der Waals surface area contributed by atoms with Crippen LogP contribution in [0.1, 0.15) is 23.8 Å². The fourth-order valence-electron chi connectivity index (χ4n) is 2.38. The first kappa shape index (κ1) is 15.0. The van der Waals surface area contributed by atoms with Crippen molar-refractivity contribution in [2.24, 2.45) is 0 Å². The van der Waals surface area contributed by atoms with E-state index in [2.05, 4.69) is 57.8 Å². The quantitative estimate of drug-likeness (QED) is 0.738. The van der Waals surface area contributed by atoms with Crippen LogP contribution in [-0.2, 0) is 6.42 Å². The van der Waals surface area contributed by atoms with Crippen molar-refractivity contribution in [2.75, 3.05) is 10.6 Å². The Bertz CT molecular complexity index is 812. The minimum atomic E-state index is 0.622. The molecule has 0 fully saturated rings. The zero-order valence-electron chi connectivity index (χ0n) is 13.4. The molecule has 23 heavy (non-hydrogen) atoms. The minimum Gasteiger partial charge on any atom is -0.360 e. The third-order valence-electron chi connectivity index (χ3n) is 3.54. The van der Waals surface area contributed by atoms with E-state index in [1.54, 1.807) is 0 Å². The van der Waals surface area contributed by atoms with Crippen molar-refractivity contribution in [1.29, 1.82) is 0 Å². The summed E-state index contributed by atoms with van der Waals surface area (Å²) in [6.07, 6.45) is 2.47. The number of nitrogens with one attached hydrogen (secondary N) is 2. The van der Waals surface area contributed by atoms with Crippen LogP contribution in [0.5, 0.6) is 0 Å². The summed E-state index contributed by atoms with van der Waals surface area (Å²) >= 11 is 0. The van der Waals surface area contributed by atoms with Gasteiger partial charge < -0.3 is 15.2 Å². The molecule has 3 aromatic rings. The Kier molecular flexibility index (Phi) is 4.23. The van der Waals surface area contributed by atoms with E-state index in [0.29, 0.717) is 11.6 Å². The first-order chi connectivity index (χ1) is 11.2. The first-order valence-corrected chi connectivity index (χ1v) is 7.53. The van der Waals surface area contributed by atoms with Crippen molar-refractivity contribution in [3.05, 3.63) is 53.5 Å². The van der Waals surface area contributed by atoms with E-state index in [9.17, 15) is 0 Å². The molecule has 0 unspecified atom stereocenters. The second-order valence-electron chi connectivity index (χ2n) is 5.32. The molecule has 0 amide bonds. The van der Waals surface area contributed by atoms with E-state index >= 15 is 0 Å². The SMILES string of the molecule is CCc1cccc(C)c1Nc1cc(Nc2cc(C)on2)ncn1. The molecule has 3 rings (SSSR count). The number of rotatable bonds is 5. The van der Waals surface area contributed by atoms with Crippen LogP contribution < -0.4 is 10.6 Å². The van der Waals surface area contributed by atoms with Crippen LogP contribution in [0.2, 0.25) is 0 Å². The van der Waals surface area contributed by atoms with E-state index in [4.69, 9.17) is 4.52 Å². The van der Waals surface area contributed by atoms with Crippen LogP contribution in [0, 0.1) is 13.8 Å². The molecule has 0 spiro atoms. The Morgan fingerprint density at radius 2 is 1.78 bits per heavy atom. The molecule has 1 aromatic carbocycles. The third kappa shape index (κ3) is 3.48. The van der Waals surface area contributed by atoms with Crippen LogP contribution in [-0.4, -0.2) is 15.1 Å². The molecule has 0 bridgehead atoms. The highest BCUT2D eigenvalue weighted by atomic mass is 16.5. The third-order valence-corrected chi connectivity index (χ3v) is 3.54. The number of aryl methyl sites for hydroxylation is 3. The van der Waals surface area contributed by atoms with Gasteiger partial charge in [0.2, 0.25) is 0 Å². The molecule has 0 aliphatic heterocycles. The number of para-hydroxylation sites is 1. The molecule has 0 aliphatic rings. The van der Waals surface area contributed by atoms with E-state index in [-0.39, 0.29) is 0 Å². The van der Waals surface area contributed by atoms with Crippen LogP contribution in [0.25, 0.3) is 0 Å². The maximum absolute atomic E-state index is 5.04. The predicted octanol–water partition coefficient (Wildman–Crippen LogP) is 4.13. The van der Waals surface area contributed by atoms with Crippen molar-refractivity contribution in [1.82, 2.24) is 15.1 Å². The Hall–Kier alpha value is -2.89. The Balaban J connectivity index is 1.83. The molecular formula is C17H19N5O. The highest BCUT2D eigenvalue weighted by Gasteiger charge is 2.07. The predicted molar refractivity (Wildman–Crippen MR) is 90.4 cm³/mol. The number of benzene rings is 1. The lowest BCUT2D eigenvalue weighted by Crippen LogP contribution is -2.02. The summed E-state index contributed by atoms with van der Waals surface area (Å²) in [6.45, 7) is 6.06. The fraction of sp³-hybridized carbons (Fsp3) is 0.235. The van der Waals surface area contributed by atoms with Gasteiger partial charge in [-0.15, -0.1) is 0 Å². The van der Waals surface area contributed by atoms with Gasteiger partial charge in [-0.05, 0) is 31.4 Å². The van der Waals surface area contributed by atoms with Gasteiger partial charge in [-0.2, -0.15) is 0 Å². The second kappa shape index (κ2) is 6.48. The van der Waals surface area contributed by atoms with Gasteiger partial charge in [0.1, 0.15) is 23.7 Å². The molecule has 6 heteroatoms.